The molecule has 0 aliphatic rings. The summed E-state index contributed by atoms with van der Waals surface area (Å²) in [6.07, 6.45) is -0.748. The Hall–Kier alpha value is -0.880. The molecule has 0 amide bonds. The maximum Gasteiger partial charge on any atom is 0.129 e. The quantitative estimate of drug-likeness (QED) is 0.485. The standard InChI is InChI=1S/C9H15NO4/c11-5-7(13)3-10-4-8-1-2-9(6-12)14-8/h1-2,7,10-13H,3-6H2. The first-order valence-corrected chi connectivity index (χ1v) is 4.44. The molecule has 0 aliphatic carbocycles. The van der Waals surface area contributed by atoms with Crippen LogP contribution >= 0.6 is 0 Å². The Bertz CT molecular complexity index is 261. The van der Waals surface area contributed by atoms with Crippen LogP contribution in [0.4, 0.5) is 0 Å². The van der Waals surface area contributed by atoms with Gasteiger partial charge in [0.1, 0.15) is 18.1 Å². The number of rotatable bonds is 6. The molecule has 0 fully saturated rings. The molecule has 1 aromatic heterocycles. The van der Waals surface area contributed by atoms with E-state index in [2.05, 4.69) is 5.32 Å². The van der Waals surface area contributed by atoms with E-state index >= 15 is 0 Å². The van der Waals surface area contributed by atoms with Gasteiger partial charge in [0, 0.05) is 6.54 Å². The highest BCUT2D eigenvalue weighted by Crippen LogP contribution is 2.06. The van der Waals surface area contributed by atoms with E-state index < -0.39 is 6.10 Å². The average molecular weight is 201 g/mol. The summed E-state index contributed by atoms with van der Waals surface area (Å²) >= 11 is 0. The molecular weight excluding hydrogens is 186 g/mol. The van der Waals surface area contributed by atoms with E-state index in [-0.39, 0.29) is 13.2 Å². The maximum atomic E-state index is 9.00. The fraction of sp³-hybridized carbons (Fsp3) is 0.556. The predicted molar refractivity (Wildman–Crippen MR) is 49.4 cm³/mol. The van der Waals surface area contributed by atoms with Crippen molar-refractivity contribution in [3.05, 3.63) is 23.7 Å². The second kappa shape index (κ2) is 5.77. The fourth-order valence-electron chi connectivity index (χ4n) is 1.03. The van der Waals surface area contributed by atoms with Gasteiger partial charge in [-0.25, -0.2) is 0 Å². The third kappa shape index (κ3) is 3.47. The molecule has 1 aromatic rings. The van der Waals surface area contributed by atoms with Gasteiger partial charge in [0.15, 0.2) is 0 Å². The Morgan fingerprint density at radius 2 is 2.00 bits per heavy atom. The van der Waals surface area contributed by atoms with E-state index in [9.17, 15) is 0 Å². The number of nitrogens with one attached hydrogen (secondary N) is 1. The van der Waals surface area contributed by atoms with Crippen molar-refractivity contribution in [2.24, 2.45) is 0 Å². The number of hydrogen-bond donors (Lipinski definition) is 4. The first kappa shape index (κ1) is 11.2. The van der Waals surface area contributed by atoms with Crippen molar-refractivity contribution < 1.29 is 19.7 Å². The van der Waals surface area contributed by atoms with Gasteiger partial charge in [-0.05, 0) is 12.1 Å². The minimum atomic E-state index is -0.748. The Labute approximate surface area is 82.0 Å². The summed E-state index contributed by atoms with van der Waals surface area (Å²) in [5.74, 6) is 1.21. The van der Waals surface area contributed by atoms with Crippen molar-refractivity contribution in [1.29, 1.82) is 0 Å². The maximum absolute atomic E-state index is 9.00. The highest BCUT2D eigenvalue weighted by atomic mass is 16.4. The molecule has 1 rings (SSSR count). The molecule has 0 radical (unpaired) electrons. The van der Waals surface area contributed by atoms with Gasteiger partial charge in [-0.2, -0.15) is 0 Å². The molecule has 0 aliphatic heterocycles. The lowest BCUT2D eigenvalue weighted by Gasteiger charge is -2.06. The molecule has 14 heavy (non-hydrogen) atoms. The molecular formula is C9H15NO4. The molecule has 0 saturated heterocycles. The molecule has 0 aromatic carbocycles. The van der Waals surface area contributed by atoms with Crippen LogP contribution in [0.3, 0.4) is 0 Å². The smallest absolute Gasteiger partial charge is 0.129 e. The van der Waals surface area contributed by atoms with Gasteiger partial charge in [-0.15, -0.1) is 0 Å². The van der Waals surface area contributed by atoms with E-state index in [0.717, 1.165) is 0 Å². The molecule has 0 saturated carbocycles. The third-order valence-electron chi connectivity index (χ3n) is 1.76. The van der Waals surface area contributed by atoms with Crippen LogP contribution in [0.2, 0.25) is 0 Å². The lowest BCUT2D eigenvalue weighted by atomic mass is 10.3. The minimum Gasteiger partial charge on any atom is -0.462 e. The summed E-state index contributed by atoms with van der Waals surface area (Å²) in [4.78, 5) is 0. The minimum absolute atomic E-state index is 0.112. The summed E-state index contributed by atoms with van der Waals surface area (Å²) in [6.45, 7) is 0.412. The molecule has 0 bridgehead atoms. The first-order chi connectivity index (χ1) is 6.76. The molecule has 1 heterocycles. The lowest BCUT2D eigenvalue weighted by Crippen LogP contribution is -2.28. The van der Waals surface area contributed by atoms with Crippen molar-refractivity contribution in [3.63, 3.8) is 0 Å². The fourth-order valence-corrected chi connectivity index (χ4v) is 1.03. The first-order valence-electron chi connectivity index (χ1n) is 4.44. The monoisotopic (exact) mass is 201 g/mol. The number of furan rings is 1. The van der Waals surface area contributed by atoms with Gasteiger partial charge in [0.2, 0.25) is 0 Å². The normalized spacial score (nSPS) is 13.1. The Kier molecular flexibility index (Phi) is 4.61. The van der Waals surface area contributed by atoms with E-state index in [0.29, 0.717) is 24.6 Å². The van der Waals surface area contributed by atoms with Crippen LogP contribution in [-0.4, -0.2) is 34.6 Å². The predicted octanol–water partition coefficient (Wildman–Crippen LogP) is -0.785. The zero-order valence-electron chi connectivity index (χ0n) is 7.81. The molecule has 5 nitrogen and oxygen atoms in total. The number of aliphatic hydroxyl groups is 3. The molecule has 5 heteroatoms. The summed E-state index contributed by atoms with van der Waals surface area (Å²) in [6, 6.07) is 3.45. The second-order valence-corrected chi connectivity index (χ2v) is 2.99. The Morgan fingerprint density at radius 1 is 1.29 bits per heavy atom. The zero-order chi connectivity index (χ0) is 10.4. The van der Waals surface area contributed by atoms with E-state index in [1.54, 1.807) is 12.1 Å². The van der Waals surface area contributed by atoms with E-state index in [1.807, 2.05) is 0 Å². The summed E-state index contributed by atoms with van der Waals surface area (Å²) in [5, 5.41) is 29.2. The SMILES string of the molecule is OCc1ccc(CNCC(O)CO)o1. The molecule has 1 unspecified atom stereocenters. The van der Waals surface area contributed by atoms with E-state index in [4.69, 9.17) is 19.7 Å². The van der Waals surface area contributed by atoms with Crippen molar-refractivity contribution in [3.8, 4) is 0 Å². The highest BCUT2D eigenvalue weighted by molar-refractivity contribution is 5.05. The average Bonchev–Trinajstić information content (AvgIpc) is 2.65. The van der Waals surface area contributed by atoms with Gasteiger partial charge in [0.05, 0.1) is 19.3 Å². The van der Waals surface area contributed by atoms with Gasteiger partial charge in [0.25, 0.3) is 0 Å². The molecule has 1 atom stereocenters. The topological polar surface area (TPSA) is 85.9 Å². The van der Waals surface area contributed by atoms with Crippen LogP contribution in [0.25, 0.3) is 0 Å². The van der Waals surface area contributed by atoms with Crippen molar-refractivity contribution >= 4 is 0 Å². The van der Waals surface area contributed by atoms with Crippen LogP contribution in [0.5, 0.6) is 0 Å². The van der Waals surface area contributed by atoms with Gasteiger partial charge in [-0.1, -0.05) is 0 Å². The summed E-state index contributed by atoms with van der Waals surface area (Å²) < 4.78 is 5.19. The lowest BCUT2D eigenvalue weighted by molar-refractivity contribution is 0.0937. The Morgan fingerprint density at radius 3 is 2.57 bits per heavy atom. The Balaban J connectivity index is 2.24. The van der Waals surface area contributed by atoms with Crippen molar-refractivity contribution in [1.82, 2.24) is 5.32 Å². The van der Waals surface area contributed by atoms with Gasteiger partial charge >= 0.3 is 0 Å². The van der Waals surface area contributed by atoms with Crippen molar-refractivity contribution in [2.75, 3.05) is 13.2 Å². The van der Waals surface area contributed by atoms with Crippen LogP contribution in [0.15, 0.2) is 16.5 Å². The van der Waals surface area contributed by atoms with Crippen LogP contribution in [0.1, 0.15) is 11.5 Å². The highest BCUT2D eigenvalue weighted by Gasteiger charge is 2.03. The third-order valence-corrected chi connectivity index (χ3v) is 1.76. The number of aliphatic hydroxyl groups excluding tert-OH is 3. The molecule has 0 spiro atoms. The largest absolute Gasteiger partial charge is 0.462 e. The van der Waals surface area contributed by atoms with E-state index in [1.165, 1.54) is 0 Å². The zero-order valence-corrected chi connectivity index (χ0v) is 7.81. The van der Waals surface area contributed by atoms with Gasteiger partial charge in [-0.3, -0.25) is 0 Å². The summed E-state index contributed by atoms with van der Waals surface area (Å²) in [5.41, 5.74) is 0. The van der Waals surface area contributed by atoms with Gasteiger partial charge < -0.3 is 25.1 Å². The van der Waals surface area contributed by atoms with Crippen molar-refractivity contribution in [2.45, 2.75) is 19.3 Å². The van der Waals surface area contributed by atoms with Crippen LogP contribution < -0.4 is 5.32 Å². The van der Waals surface area contributed by atoms with Crippen LogP contribution in [0, 0.1) is 0 Å². The number of hydrogen-bond acceptors (Lipinski definition) is 5. The van der Waals surface area contributed by atoms with Crippen LogP contribution in [-0.2, 0) is 13.2 Å². The molecule has 80 valence electrons. The second-order valence-electron chi connectivity index (χ2n) is 2.99. The molecule has 4 N–H and O–H groups in total. The summed E-state index contributed by atoms with van der Waals surface area (Å²) in [7, 11) is 0.